The maximum Gasteiger partial charge on any atom is 0.265 e. The van der Waals surface area contributed by atoms with Crippen LogP contribution >= 0.6 is 11.3 Å². The maximum absolute atomic E-state index is 13.0. The zero-order valence-electron chi connectivity index (χ0n) is 14.0. The zero-order valence-corrected chi connectivity index (χ0v) is 14.8. The lowest BCUT2D eigenvalue weighted by molar-refractivity contribution is 0.0537. The highest BCUT2D eigenvalue weighted by Gasteiger charge is 2.36. The quantitative estimate of drug-likeness (QED) is 0.928. The standard InChI is InChI=1S/C18H22FN3OS/c1-18(2)11-22(8-7-15(18)20)17(23)14-10-21-16(24-14)9-12-3-5-13(19)6-4-12/h3-6,10,15H,7-9,11,20H2,1-2H3. The summed E-state index contributed by atoms with van der Waals surface area (Å²) in [5, 5.41) is 0.859. The van der Waals surface area contributed by atoms with E-state index in [0.29, 0.717) is 24.4 Å². The molecule has 128 valence electrons. The second-order valence-electron chi connectivity index (χ2n) is 7.03. The lowest BCUT2D eigenvalue weighted by Crippen LogP contribution is -2.53. The number of carbonyl (C=O) groups is 1. The van der Waals surface area contributed by atoms with E-state index in [1.807, 2.05) is 4.90 Å². The van der Waals surface area contributed by atoms with Crippen molar-refractivity contribution in [3.8, 4) is 0 Å². The van der Waals surface area contributed by atoms with E-state index in [1.165, 1.54) is 23.5 Å². The van der Waals surface area contributed by atoms with E-state index in [2.05, 4.69) is 18.8 Å². The van der Waals surface area contributed by atoms with Gasteiger partial charge in [-0.15, -0.1) is 11.3 Å². The first kappa shape index (κ1) is 17.0. The topological polar surface area (TPSA) is 59.2 Å². The van der Waals surface area contributed by atoms with Crippen LogP contribution in [0.3, 0.4) is 0 Å². The summed E-state index contributed by atoms with van der Waals surface area (Å²) in [5.41, 5.74) is 7.05. The van der Waals surface area contributed by atoms with Crippen LogP contribution in [-0.4, -0.2) is 34.9 Å². The number of likely N-dealkylation sites (tertiary alicyclic amines) is 1. The summed E-state index contributed by atoms with van der Waals surface area (Å²) in [7, 11) is 0. The van der Waals surface area contributed by atoms with Gasteiger partial charge in [0.25, 0.3) is 5.91 Å². The lowest BCUT2D eigenvalue weighted by Gasteiger charge is -2.42. The minimum atomic E-state index is -0.250. The first-order valence-corrected chi connectivity index (χ1v) is 8.91. The van der Waals surface area contributed by atoms with E-state index in [0.717, 1.165) is 17.0 Å². The summed E-state index contributed by atoms with van der Waals surface area (Å²) in [6.07, 6.45) is 3.07. The molecule has 1 fully saturated rings. The summed E-state index contributed by atoms with van der Waals surface area (Å²) in [6.45, 7) is 5.56. The van der Waals surface area contributed by atoms with Crippen LogP contribution in [0.5, 0.6) is 0 Å². The van der Waals surface area contributed by atoms with E-state index < -0.39 is 0 Å². The number of hydrogen-bond donors (Lipinski definition) is 1. The summed E-state index contributed by atoms with van der Waals surface area (Å²) in [5.74, 6) is -0.225. The van der Waals surface area contributed by atoms with Crippen LogP contribution in [-0.2, 0) is 6.42 Å². The monoisotopic (exact) mass is 347 g/mol. The average Bonchev–Trinajstić information content (AvgIpc) is 3.00. The number of carbonyl (C=O) groups excluding carboxylic acids is 1. The van der Waals surface area contributed by atoms with Crippen LogP contribution < -0.4 is 5.73 Å². The molecule has 1 atom stereocenters. The first-order valence-electron chi connectivity index (χ1n) is 8.09. The van der Waals surface area contributed by atoms with Crippen molar-refractivity contribution in [1.29, 1.82) is 0 Å². The Balaban J connectivity index is 1.68. The van der Waals surface area contributed by atoms with Gasteiger partial charge in [0.2, 0.25) is 0 Å². The van der Waals surface area contributed by atoms with E-state index in [-0.39, 0.29) is 23.2 Å². The van der Waals surface area contributed by atoms with Gasteiger partial charge in [-0.2, -0.15) is 0 Å². The van der Waals surface area contributed by atoms with Gasteiger partial charge in [0.15, 0.2) is 0 Å². The van der Waals surface area contributed by atoms with Gasteiger partial charge < -0.3 is 10.6 Å². The molecule has 3 rings (SSSR count). The normalized spacial score (nSPS) is 20.2. The molecule has 1 aromatic heterocycles. The van der Waals surface area contributed by atoms with Crippen LogP contribution in [0.15, 0.2) is 30.5 Å². The molecule has 4 nitrogen and oxygen atoms in total. The van der Waals surface area contributed by atoms with Crippen molar-refractivity contribution in [2.24, 2.45) is 11.1 Å². The molecule has 1 amide bonds. The highest BCUT2D eigenvalue weighted by Crippen LogP contribution is 2.29. The van der Waals surface area contributed by atoms with E-state index in [9.17, 15) is 9.18 Å². The fourth-order valence-corrected chi connectivity index (χ4v) is 3.89. The lowest BCUT2D eigenvalue weighted by atomic mass is 9.79. The van der Waals surface area contributed by atoms with Gasteiger partial charge in [-0.3, -0.25) is 4.79 Å². The summed E-state index contributed by atoms with van der Waals surface area (Å²) in [6, 6.07) is 6.49. The molecule has 2 heterocycles. The maximum atomic E-state index is 13.0. The highest BCUT2D eigenvalue weighted by molar-refractivity contribution is 7.13. The van der Waals surface area contributed by atoms with Gasteiger partial charge in [0.1, 0.15) is 10.7 Å². The molecule has 0 aliphatic carbocycles. The molecule has 6 heteroatoms. The molecule has 1 aliphatic rings. The van der Waals surface area contributed by atoms with E-state index >= 15 is 0 Å². The Morgan fingerprint density at radius 3 is 2.79 bits per heavy atom. The highest BCUT2D eigenvalue weighted by atomic mass is 32.1. The Kier molecular flexibility index (Phi) is 4.69. The summed E-state index contributed by atoms with van der Waals surface area (Å²) in [4.78, 5) is 19.6. The molecule has 0 radical (unpaired) electrons. The number of thiazole rings is 1. The smallest absolute Gasteiger partial charge is 0.265 e. The molecule has 0 saturated carbocycles. The molecule has 1 aliphatic heterocycles. The van der Waals surface area contributed by atoms with Gasteiger partial charge in [-0.05, 0) is 29.5 Å². The fraction of sp³-hybridized carbons (Fsp3) is 0.444. The van der Waals surface area contributed by atoms with E-state index in [4.69, 9.17) is 5.73 Å². The van der Waals surface area contributed by atoms with Crippen molar-refractivity contribution in [3.05, 3.63) is 51.7 Å². The average molecular weight is 347 g/mol. The Bertz CT molecular complexity index is 726. The van der Waals surface area contributed by atoms with Crippen molar-refractivity contribution >= 4 is 17.2 Å². The number of nitrogens with zero attached hydrogens (tertiary/aromatic N) is 2. The Labute approximate surface area is 145 Å². The Morgan fingerprint density at radius 1 is 1.42 bits per heavy atom. The third-order valence-corrected chi connectivity index (χ3v) is 5.62. The van der Waals surface area contributed by atoms with Gasteiger partial charge in [0.05, 0.1) is 11.2 Å². The first-order chi connectivity index (χ1) is 11.3. The van der Waals surface area contributed by atoms with Crippen molar-refractivity contribution in [2.45, 2.75) is 32.7 Å². The molecular formula is C18H22FN3OS. The number of halogens is 1. The predicted octanol–water partition coefficient (Wildman–Crippen LogP) is 3.07. The predicted molar refractivity (Wildman–Crippen MR) is 93.6 cm³/mol. The van der Waals surface area contributed by atoms with Gasteiger partial charge in [0, 0.05) is 25.6 Å². The molecule has 2 N–H and O–H groups in total. The largest absolute Gasteiger partial charge is 0.337 e. The molecule has 0 spiro atoms. The third kappa shape index (κ3) is 3.65. The third-order valence-electron chi connectivity index (χ3n) is 4.63. The van der Waals surface area contributed by atoms with Crippen LogP contribution in [0, 0.1) is 11.2 Å². The van der Waals surface area contributed by atoms with Crippen LogP contribution in [0.25, 0.3) is 0 Å². The van der Waals surface area contributed by atoms with Crippen LogP contribution in [0.4, 0.5) is 4.39 Å². The van der Waals surface area contributed by atoms with Crippen molar-refractivity contribution in [2.75, 3.05) is 13.1 Å². The number of nitrogens with two attached hydrogens (primary N) is 1. The molecule has 1 unspecified atom stereocenters. The second-order valence-corrected chi connectivity index (χ2v) is 8.15. The van der Waals surface area contributed by atoms with Crippen molar-refractivity contribution in [1.82, 2.24) is 9.88 Å². The SMILES string of the molecule is CC1(C)CN(C(=O)c2cnc(Cc3ccc(F)cc3)s2)CCC1N. The molecule has 24 heavy (non-hydrogen) atoms. The molecule has 0 bridgehead atoms. The van der Waals surface area contributed by atoms with Gasteiger partial charge in [-0.25, -0.2) is 9.37 Å². The number of piperidine rings is 1. The van der Waals surface area contributed by atoms with Crippen molar-refractivity contribution in [3.63, 3.8) is 0 Å². The fourth-order valence-electron chi connectivity index (χ4n) is 2.97. The van der Waals surface area contributed by atoms with Gasteiger partial charge in [-0.1, -0.05) is 26.0 Å². The number of aromatic nitrogens is 1. The van der Waals surface area contributed by atoms with E-state index in [1.54, 1.807) is 18.3 Å². The molecular weight excluding hydrogens is 325 g/mol. The number of hydrogen-bond acceptors (Lipinski definition) is 4. The van der Waals surface area contributed by atoms with Crippen LogP contribution in [0.1, 0.15) is 40.5 Å². The van der Waals surface area contributed by atoms with Crippen LogP contribution in [0.2, 0.25) is 0 Å². The number of rotatable bonds is 3. The number of amides is 1. The Morgan fingerprint density at radius 2 is 2.12 bits per heavy atom. The van der Waals surface area contributed by atoms with Gasteiger partial charge >= 0.3 is 0 Å². The number of benzene rings is 1. The Hall–Kier alpha value is -1.79. The zero-order chi connectivity index (χ0) is 17.3. The summed E-state index contributed by atoms with van der Waals surface area (Å²) < 4.78 is 13.0. The molecule has 1 saturated heterocycles. The summed E-state index contributed by atoms with van der Waals surface area (Å²) >= 11 is 1.41. The van der Waals surface area contributed by atoms with Crippen molar-refractivity contribution < 1.29 is 9.18 Å². The molecule has 2 aromatic rings. The minimum absolute atomic E-state index is 0.0258. The second kappa shape index (κ2) is 6.61. The minimum Gasteiger partial charge on any atom is -0.337 e. The molecule has 1 aromatic carbocycles.